The number of nitrogens with one attached hydrogen (secondary N) is 1. The van der Waals surface area contributed by atoms with Gasteiger partial charge in [-0.1, -0.05) is 37.6 Å². The maximum Gasteiger partial charge on any atom is 0.230 e. The van der Waals surface area contributed by atoms with Crippen molar-refractivity contribution in [3.05, 3.63) is 53.1 Å². The lowest BCUT2D eigenvalue weighted by molar-refractivity contribution is -0.123. The van der Waals surface area contributed by atoms with E-state index in [1.807, 2.05) is 38.1 Å². The Kier molecular flexibility index (Phi) is 6.93. The molecule has 0 bridgehead atoms. The van der Waals surface area contributed by atoms with Crippen molar-refractivity contribution >= 4 is 41.3 Å². The van der Waals surface area contributed by atoms with Crippen molar-refractivity contribution in [1.82, 2.24) is 0 Å². The minimum Gasteiger partial charge on any atom is -0.495 e. The third-order valence-electron chi connectivity index (χ3n) is 3.64. The summed E-state index contributed by atoms with van der Waals surface area (Å²) in [5.74, 6) is 0.503. The van der Waals surface area contributed by atoms with Crippen molar-refractivity contribution in [2.75, 3.05) is 18.2 Å². The van der Waals surface area contributed by atoms with Crippen LogP contribution < -0.4 is 15.8 Å². The van der Waals surface area contributed by atoms with Crippen LogP contribution in [0.1, 0.15) is 19.4 Å². The maximum absolute atomic E-state index is 12.6. The Morgan fingerprint density at radius 1 is 1.25 bits per heavy atom. The van der Waals surface area contributed by atoms with E-state index in [0.717, 1.165) is 5.56 Å². The summed E-state index contributed by atoms with van der Waals surface area (Å²) >= 11 is 6.00. The molecule has 0 aliphatic rings. The monoisotopic (exact) mass is 368 g/mol. The number of carbonyl (C=O) groups is 1. The Balaban J connectivity index is 0.00000288. The standard InChI is InChI=1S/C18H21ClN2O2.ClH/c1-18(2,11-12-5-4-6-13(19)9-12)17(22)21-14-7-8-16(23-3)15(20)10-14;/h4-10H,11,20H2,1-3H3,(H,21,22);1H. The van der Waals surface area contributed by atoms with E-state index in [0.29, 0.717) is 28.6 Å². The zero-order valence-electron chi connectivity index (χ0n) is 13.9. The van der Waals surface area contributed by atoms with Crippen LogP contribution in [0.15, 0.2) is 42.5 Å². The van der Waals surface area contributed by atoms with Crippen molar-refractivity contribution in [2.45, 2.75) is 20.3 Å². The van der Waals surface area contributed by atoms with Gasteiger partial charge in [-0.05, 0) is 42.3 Å². The van der Waals surface area contributed by atoms with Crippen molar-refractivity contribution in [2.24, 2.45) is 5.41 Å². The highest BCUT2D eigenvalue weighted by atomic mass is 35.5. The van der Waals surface area contributed by atoms with E-state index in [9.17, 15) is 4.79 Å². The van der Waals surface area contributed by atoms with E-state index in [4.69, 9.17) is 22.1 Å². The van der Waals surface area contributed by atoms with Crippen LogP contribution in [-0.2, 0) is 11.2 Å². The summed E-state index contributed by atoms with van der Waals surface area (Å²) in [6, 6.07) is 12.7. The highest BCUT2D eigenvalue weighted by Gasteiger charge is 2.28. The van der Waals surface area contributed by atoms with E-state index in [2.05, 4.69) is 5.32 Å². The highest BCUT2D eigenvalue weighted by molar-refractivity contribution is 6.30. The molecular weight excluding hydrogens is 347 g/mol. The minimum atomic E-state index is -0.584. The van der Waals surface area contributed by atoms with E-state index in [1.165, 1.54) is 0 Å². The molecule has 2 aromatic carbocycles. The summed E-state index contributed by atoms with van der Waals surface area (Å²) in [7, 11) is 1.55. The Morgan fingerprint density at radius 3 is 2.54 bits per heavy atom. The number of hydrogen-bond acceptors (Lipinski definition) is 3. The molecule has 0 unspecified atom stereocenters. The predicted octanol–water partition coefficient (Wildman–Crippen LogP) is 4.56. The Hall–Kier alpha value is -1.91. The summed E-state index contributed by atoms with van der Waals surface area (Å²) in [5.41, 5.74) is 7.43. The molecule has 24 heavy (non-hydrogen) atoms. The second-order valence-electron chi connectivity index (χ2n) is 6.10. The summed E-state index contributed by atoms with van der Waals surface area (Å²) in [6.07, 6.45) is 0.588. The molecule has 0 fully saturated rings. The van der Waals surface area contributed by atoms with Gasteiger partial charge in [-0.15, -0.1) is 12.4 Å². The molecule has 0 spiro atoms. The number of benzene rings is 2. The second kappa shape index (κ2) is 8.27. The molecule has 130 valence electrons. The van der Waals surface area contributed by atoms with Gasteiger partial charge >= 0.3 is 0 Å². The van der Waals surface area contributed by atoms with Crippen LogP contribution in [0.5, 0.6) is 5.75 Å². The number of nitrogen functional groups attached to an aromatic ring is 1. The van der Waals surface area contributed by atoms with Gasteiger partial charge in [0.2, 0.25) is 5.91 Å². The van der Waals surface area contributed by atoms with Gasteiger partial charge in [-0.2, -0.15) is 0 Å². The molecule has 0 saturated carbocycles. The van der Waals surface area contributed by atoms with Crippen LogP contribution in [0.2, 0.25) is 5.02 Å². The molecule has 6 heteroatoms. The molecule has 0 saturated heterocycles. The third kappa shape index (κ3) is 5.05. The average molecular weight is 369 g/mol. The first-order valence-corrected chi connectivity index (χ1v) is 7.69. The van der Waals surface area contributed by atoms with Crippen LogP contribution >= 0.6 is 24.0 Å². The molecule has 0 aliphatic carbocycles. The Morgan fingerprint density at radius 2 is 1.96 bits per heavy atom. The molecule has 0 atom stereocenters. The van der Waals surface area contributed by atoms with Crippen LogP contribution in [0.25, 0.3) is 0 Å². The van der Waals surface area contributed by atoms with E-state index in [-0.39, 0.29) is 18.3 Å². The van der Waals surface area contributed by atoms with Crippen LogP contribution in [0.3, 0.4) is 0 Å². The molecule has 0 aliphatic heterocycles. The summed E-state index contributed by atoms with van der Waals surface area (Å²) < 4.78 is 5.11. The lowest BCUT2D eigenvalue weighted by Crippen LogP contribution is -2.32. The topological polar surface area (TPSA) is 64.3 Å². The van der Waals surface area contributed by atoms with Crippen LogP contribution in [0, 0.1) is 5.41 Å². The quantitative estimate of drug-likeness (QED) is 0.760. The van der Waals surface area contributed by atoms with E-state index < -0.39 is 5.41 Å². The molecule has 0 aromatic heterocycles. The van der Waals surface area contributed by atoms with Gasteiger partial charge in [0.1, 0.15) is 5.75 Å². The first-order valence-electron chi connectivity index (χ1n) is 7.31. The fraction of sp³-hybridized carbons (Fsp3) is 0.278. The second-order valence-corrected chi connectivity index (χ2v) is 6.54. The van der Waals surface area contributed by atoms with E-state index >= 15 is 0 Å². The maximum atomic E-state index is 12.6. The van der Waals surface area contributed by atoms with Gasteiger partial charge in [-0.25, -0.2) is 0 Å². The summed E-state index contributed by atoms with van der Waals surface area (Å²) in [6.45, 7) is 3.80. The first-order chi connectivity index (χ1) is 10.8. The Bertz CT molecular complexity index is 718. The van der Waals surface area contributed by atoms with Gasteiger partial charge in [0.05, 0.1) is 12.8 Å². The molecule has 0 heterocycles. The number of hydrogen-bond donors (Lipinski definition) is 2. The molecule has 1 amide bonds. The number of methoxy groups -OCH3 is 1. The number of rotatable bonds is 5. The first kappa shape index (κ1) is 20.1. The van der Waals surface area contributed by atoms with Gasteiger partial charge in [0.25, 0.3) is 0 Å². The van der Waals surface area contributed by atoms with E-state index in [1.54, 1.807) is 25.3 Å². The number of amides is 1. The fourth-order valence-electron chi connectivity index (χ4n) is 2.35. The van der Waals surface area contributed by atoms with Gasteiger partial charge in [0.15, 0.2) is 0 Å². The molecule has 0 radical (unpaired) electrons. The number of anilines is 2. The molecule has 4 nitrogen and oxygen atoms in total. The molecule has 2 aromatic rings. The largest absolute Gasteiger partial charge is 0.495 e. The predicted molar refractivity (Wildman–Crippen MR) is 102 cm³/mol. The van der Waals surface area contributed by atoms with Gasteiger partial charge < -0.3 is 15.8 Å². The average Bonchev–Trinajstić information content (AvgIpc) is 2.47. The highest BCUT2D eigenvalue weighted by Crippen LogP contribution is 2.28. The number of carbonyl (C=O) groups excluding carboxylic acids is 1. The van der Waals surface area contributed by atoms with Crippen molar-refractivity contribution in [1.29, 1.82) is 0 Å². The number of nitrogens with two attached hydrogens (primary N) is 1. The van der Waals surface area contributed by atoms with Crippen LogP contribution in [0.4, 0.5) is 11.4 Å². The number of halogens is 2. The number of ether oxygens (including phenoxy) is 1. The third-order valence-corrected chi connectivity index (χ3v) is 3.87. The van der Waals surface area contributed by atoms with Crippen LogP contribution in [-0.4, -0.2) is 13.0 Å². The van der Waals surface area contributed by atoms with Gasteiger partial charge in [0, 0.05) is 16.1 Å². The minimum absolute atomic E-state index is 0. The van der Waals surface area contributed by atoms with Gasteiger partial charge in [-0.3, -0.25) is 4.79 Å². The summed E-state index contributed by atoms with van der Waals surface area (Å²) in [4.78, 5) is 12.6. The van der Waals surface area contributed by atoms with Crippen molar-refractivity contribution in [3.8, 4) is 5.75 Å². The van der Waals surface area contributed by atoms with Crippen molar-refractivity contribution < 1.29 is 9.53 Å². The fourth-order valence-corrected chi connectivity index (χ4v) is 2.56. The Labute approximate surface area is 153 Å². The zero-order valence-corrected chi connectivity index (χ0v) is 15.5. The zero-order chi connectivity index (χ0) is 17.0. The SMILES string of the molecule is COc1ccc(NC(=O)C(C)(C)Cc2cccc(Cl)c2)cc1N.Cl. The lowest BCUT2D eigenvalue weighted by atomic mass is 9.84. The lowest BCUT2D eigenvalue weighted by Gasteiger charge is -2.24. The normalized spacial score (nSPS) is 10.7. The van der Waals surface area contributed by atoms with Crippen molar-refractivity contribution in [3.63, 3.8) is 0 Å². The molecule has 2 rings (SSSR count). The summed E-state index contributed by atoms with van der Waals surface area (Å²) in [5, 5.41) is 3.57. The molecular formula is C18H22Cl2N2O2. The smallest absolute Gasteiger partial charge is 0.230 e. The molecule has 3 N–H and O–H groups in total.